The van der Waals surface area contributed by atoms with Crippen LogP contribution < -0.4 is 10.0 Å². The molecule has 2 N–H and O–H groups in total. The maximum Gasteiger partial charge on any atom is 0.241 e. The van der Waals surface area contributed by atoms with Gasteiger partial charge in [-0.25, -0.2) is 21.6 Å². The predicted molar refractivity (Wildman–Crippen MR) is 92.6 cm³/mol. The lowest BCUT2D eigenvalue weighted by molar-refractivity contribution is -0.116. The highest BCUT2D eigenvalue weighted by Gasteiger charge is 2.22. The Balaban J connectivity index is 2.92. The molecule has 0 aliphatic rings. The van der Waals surface area contributed by atoms with Gasteiger partial charge in [0.2, 0.25) is 26.0 Å². The van der Waals surface area contributed by atoms with Crippen LogP contribution in [-0.4, -0.2) is 52.4 Å². The Kier molecular flexibility index (Phi) is 6.15. The zero-order valence-corrected chi connectivity index (χ0v) is 16.0. The van der Waals surface area contributed by atoms with E-state index in [1.54, 1.807) is 20.8 Å². The van der Waals surface area contributed by atoms with Crippen molar-refractivity contribution in [2.24, 2.45) is 0 Å². The van der Waals surface area contributed by atoms with Crippen molar-refractivity contribution >= 4 is 31.6 Å². The largest absolute Gasteiger partial charge is 0.325 e. The van der Waals surface area contributed by atoms with Gasteiger partial charge in [-0.2, -0.15) is 4.31 Å². The van der Waals surface area contributed by atoms with Crippen LogP contribution in [0.2, 0.25) is 0 Å². The highest BCUT2D eigenvalue weighted by molar-refractivity contribution is 7.89. The van der Waals surface area contributed by atoms with Crippen LogP contribution in [0.15, 0.2) is 29.2 Å². The lowest BCUT2D eigenvalue weighted by Crippen LogP contribution is -2.40. The molecule has 0 spiro atoms. The number of rotatable bonds is 6. The van der Waals surface area contributed by atoms with Gasteiger partial charge in [0, 0.05) is 18.3 Å². The summed E-state index contributed by atoms with van der Waals surface area (Å²) in [4.78, 5) is 11.9. The SMILES string of the molecule is CN(CC(=O)Nc1cccc(S(=O)(=O)NC(C)(C)C)c1)S(C)(=O)=O. The van der Waals surface area contributed by atoms with Crippen LogP contribution in [0.4, 0.5) is 5.69 Å². The number of nitrogens with one attached hydrogen (secondary N) is 2. The quantitative estimate of drug-likeness (QED) is 0.753. The maximum absolute atomic E-state index is 12.3. The normalized spacial score (nSPS) is 13.1. The van der Waals surface area contributed by atoms with E-state index >= 15 is 0 Å². The van der Waals surface area contributed by atoms with Gasteiger partial charge in [0.25, 0.3) is 0 Å². The predicted octanol–water partition coefficient (Wildman–Crippen LogP) is 0.593. The summed E-state index contributed by atoms with van der Waals surface area (Å²) in [6, 6.07) is 5.74. The zero-order chi connectivity index (χ0) is 18.8. The lowest BCUT2D eigenvalue weighted by atomic mass is 10.1. The second-order valence-corrected chi connectivity index (χ2v) is 10.2. The van der Waals surface area contributed by atoms with Crippen molar-refractivity contribution in [2.45, 2.75) is 31.2 Å². The van der Waals surface area contributed by atoms with Crippen LogP contribution in [0.1, 0.15) is 20.8 Å². The Morgan fingerprint density at radius 2 is 1.75 bits per heavy atom. The van der Waals surface area contributed by atoms with E-state index in [2.05, 4.69) is 10.0 Å². The van der Waals surface area contributed by atoms with E-state index in [1.807, 2.05) is 0 Å². The first-order valence-electron chi connectivity index (χ1n) is 7.06. The molecule has 1 aromatic rings. The van der Waals surface area contributed by atoms with Crippen LogP contribution in [0.25, 0.3) is 0 Å². The number of hydrogen-bond acceptors (Lipinski definition) is 5. The Bertz CT molecular complexity index is 811. The van der Waals surface area contributed by atoms with Crippen molar-refractivity contribution < 1.29 is 21.6 Å². The molecule has 0 fully saturated rings. The first-order valence-corrected chi connectivity index (χ1v) is 10.4. The molecule has 1 rings (SSSR count). The molecule has 0 unspecified atom stereocenters. The molecule has 0 aromatic heterocycles. The third kappa shape index (κ3) is 6.56. The van der Waals surface area contributed by atoms with Crippen LogP contribution in [0.3, 0.4) is 0 Å². The molecule has 0 radical (unpaired) electrons. The van der Waals surface area contributed by atoms with Gasteiger partial charge in [0.1, 0.15) is 0 Å². The van der Waals surface area contributed by atoms with E-state index in [-0.39, 0.29) is 17.1 Å². The summed E-state index contributed by atoms with van der Waals surface area (Å²) in [6.07, 6.45) is 0.992. The van der Waals surface area contributed by atoms with E-state index in [4.69, 9.17) is 0 Å². The molecule has 0 heterocycles. The van der Waals surface area contributed by atoms with Gasteiger partial charge < -0.3 is 5.32 Å². The number of nitrogens with zero attached hydrogens (tertiary/aromatic N) is 1. The van der Waals surface area contributed by atoms with Crippen molar-refractivity contribution in [1.29, 1.82) is 0 Å². The van der Waals surface area contributed by atoms with Crippen molar-refractivity contribution in [2.75, 3.05) is 25.2 Å². The standard InChI is InChI=1S/C14H23N3O5S2/c1-14(2,3)16-24(21,22)12-8-6-7-11(9-12)15-13(18)10-17(4)23(5,19)20/h6-9,16H,10H2,1-5H3,(H,15,18). The highest BCUT2D eigenvalue weighted by atomic mass is 32.2. The third-order valence-corrected chi connectivity index (χ3v) is 5.82. The molecule has 24 heavy (non-hydrogen) atoms. The molecule has 136 valence electrons. The number of benzene rings is 1. The monoisotopic (exact) mass is 377 g/mol. The minimum Gasteiger partial charge on any atom is -0.325 e. The van der Waals surface area contributed by atoms with Gasteiger partial charge in [0.05, 0.1) is 17.7 Å². The lowest BCUT2D eigenvalue weighted by Gasteiger charge is -2.20. The van der Waals surface area contributed by atoms with Gasteiger partial charge >= 0.3 is 0 Å². The minimum atomic E-state index is -3.73. The molecule has 0 saturated carbocycles. The van der Waals surface area contributed by atoms with Crippen LogP contribution in [0, 0.1) is 0 Å². The van der Waals surface area contributed by atoms with E-state index in [0.717, 1.165) is 10.6 Å². The average molecular weight is 377 g/mol. The van der Waals surface area contributed by atoms with E-state index in [9.17, 15) is 21.6 Å². The molecule has 10 heteroatoms. The molecular formula is C14H23N3O5S2. The fraction of sp³-hybridized carbons (Fsp3) is 0.500. The molecule has 0 saturated heterocycles. The average Bonchev–Trinajstić information content (AvgIpc) is 2.34. The molecule has 1 amide bonds. The summed E-state index contributed by atoms with van der Waals surface area (Å²) in [5.41, 5.74) is -0.380. The fourth-order valence-corrected chi connectivity index (χ4v) is 3.54. The molecule has 0 aliphatic heterocycles. The maximum atomic E-state index is 12.3. The Hall–Kier alpha value is -1.49. The van der Waals surface area contributed by atoms with Crippen molar-refractivity contribution in [3.05, 3.63) is 24.3 Å². The van der Waals surface area contributed by atoms with Crippen LogP contribution in [0.5, 0.6) is 0 Å². The summed E-state index contributed by atoms with van der Waals surface area (Å²) in [5.74, 6) is -0.568. The van der Waals surface area contributed by atoms with E-state index in [1.165, 1.54) is 31.3 Å². The number of hydrogen-bond donors (Lipinski definition) is 2. The summed E-state index contributed by atoms with van der Waals surface area (Å²) < 4.78 is 50.6. The van der Waals surface area contributed by atoms with Gasteiger partial charge in [-0.3, -0.25) is 4.79 Å². The summed E-state index contributed by atoms with van der Waals surface area (Å²) in [6.45, 7) is 4.79. The summed E-state index contributed by atoms with van der Waals surface area (Å²) in [5, 5.41) is 2.48. The van der Waals surface area contributed by atoms with Crippen LogP contribution in [-0.2, 0) is 24.8 Å². The molecule has 0 atom stereocenters. The van der Waals surface area contributed by atoms with Crippen LogP contribution >= 0.6 is 0 Å². The van der Waals surface area contributed by atoms with Gasteiger partial charge in [-0.05, 0) is 39.0 Å². The molecule has 0 aliphatic carbocycles. The molecular weight excluding hydrogens is 354 g/mol. The summed E-state index contributed by atoms with van der Waals surface area (Å²) >= 11 is 0. The first-order chi connectivity index (χ1) is 10.7. The second kappa shape index (κ2) is 7.18. The zero-order valence-electron chi connectivity index (χ0n) is 14.3. The minimum absolute atomic E-state index is 0.00620. The Labute approximate surface area is 143 Å². The Morgan fingerprint density at radius 3 is 2.25 bits per heavy atom. The van der Waals surface area contributed by atoms with Crippen molar-refractivity contribution in [3.63, 3.8) is 0 Å². The number of carbonyl (C=O) groups is 1. The van der Waals surface area contributed by atoms with Crippen molar-refractivity contribution in [1.82, 2.24) is 9.03 Å². The Morgan fingerprint density at radius 1 is 1.17 bits per heavy atom. The smallest absolute Gasteiger partial charge is 0.241 e. The number of likely N-dealkylation sites (N-methyl/N-ethyl adjacent to an activating group) is 1. The summed E-state index contributed by atoms with van der Waals surface area (Å²) in [7, 11) is -5.92. The van der Waals surface area contributed by atoms with Gasteiger partial charge in [0.15, 0.2) is 0 Å². The fourth-order valence-electron chi connectivity index (χ4n) is 1.72. The van der Waals surface area contributed by atoms with E-state index in [0.29, 0.717) is 0 Å². The first kappa shape index (κ1) is 20.6. The van der Waals surface area contributed by atoms with Gasteiger partial charge in [-0.1, -0.05) is 6.07 Å². The number of anilines is 1. The molecule has 1 aromatic carbocycles. The number of amides is 1. The molecule has 8 nitrogen and oxygen atoms in total. The molecule has 0 bridgehead atoms. The number of carbonyl (C=O) groups excluding carboxylic acids is 1. The third-order valence-electron chi connectivity index (χ3n) is 2.80. The highest BCUT2D eigenvalue weighted by Crippen LogP contribution is 2.17. The second-order valence-electron chi connectivity index (χ2n) is 6.45. The van der Waals surface area contributed by atoms with Gasteiger partial charge in [-0.15, -0.1) is 0 Å². The topological polar surface area (TPSA) is 113 Å². The number of sulfonamides is 2. The van der Waals surface area contributed by atoms with E-state index < -0.39 is 31.5 Å². The van der Waals surface area contributed by atoms with Crippen molar-refractivity contribution in [3.8, 4) is 0 Å².